The molecule has 0 saturated carbocycles. The molecule has 31 heavy (non-hydrogen) atoms. The maximum Gasteiger partial charge on any atom is 0.326 e. The van der Waals surface area contributed by atoms with Crippen molar-refractivity contribution >= 4 is 29.8 Å². The number of hydrogen-bond donors (Lipinski definition) is 6. The molecule has 1 heterocycles. The summed E-state index contributed by atoms with van der Waals surface area (Å²) in [5.41, 5.74) is 0.858. The van der Waals surface area contributed by atoms with E-state index in [1.54, 1.807) is 6.92 Å². The van der Waals surface area contributed by atoms with Gasteiger partial charge in [-0.2, -0.15) is 0 Å². The monoisotopic (exact) mass is 439 g/mol. The van der Waals surface area contributed by atoms with Gasteiger partial charge in [-0.15, -0.1) is 0 Å². The van der Waals surface area contributed by atoms with Crippen LogP contribution < -0.4 is 16.0 Å². The number of carboxylic acids is 3. The molecule has 0 spiro atoms. The molecule has 0 aromatic carbocycles. The SMILES string of the molecule is Cc1ncncc1C(=O)NCCCC[C@H](NC(=O)N[C@@H](CCC(=O)O)C(=O)O)C(=O)O. The van der Waals surface area contributed by atoms with E-state index in [2.05, 4.69) is 25.9 Å². The number of nitrogens with one attached hydrogen (secondary N) is 3. The Bertz CT molecular complexity index is 816. The predicted octanol–water partition coefficient (Wildman–Crippen LogP) is -0.244. The van der Waals surface area contributed by atoms with Crippen LogP contribution in [0.15, 0.2) is 12.5 Å². The molecular formula is C18H25N5O8. The summed E-state index contributed by atoms with van der Waals surface area (Å²) in [6.07, 6.45) is 2.72. The predicted molar refractivity (Wildman–Crippen MR) is 104 cm³/mol. The molecule has 0 aliphatic carbocycles. The zero-order chi connectivity index (χ0) is 23.4. The first kappa shape index (κ1) is 25.3. The smallest absolute Gasteiger partial charge is 0.326 e. The van der Waals surface area contributed by atoms with Gasteiger partial charge >= 0.3 is 23.9 Å². The van der Waals surface area contributed by atoms with E-state index < -0.39 is 42.4 Å². The lowest BCUT2D eigenvalue weighted by atomic mass is 10.1. The maximum atomic E-state index is 12.0. The molecule has 1 aromatic rings. The van der Waals surface area contributed by atoms with E-state index in [1.807, 2.05) is 0 Å². The fourth-order valence-electron chi connectivity index (χ4n) is 2.53. The molecule has 170 valence electrons. The van der Waals surface area contributed by atoms with Crippen molar-refractivity contribution in [2.45, 2.75) is 51.1 Å². The van der Waals surface area contributed by atoms with Gasteiger partial charge in [0.25, 0.3) is 5.91 Å². The van der Waals surface area contributed by atoms with Gasteiger partial charge in [-0.1, -0.05) is 0 Å². The molecule has 0 aliphatic rings. The second-order valence-corrected chi connectivity index (χ2v) is 6.61. The summed E-state index contributed by atoms with van der Waals surface area (Å²) in [6.45, 7) is 1.93. The van der Waals surface area contributed by atoms with Gasteiger partial charge in [0.05, 0.1) is 11.3 Å². The Morgan fingerprint density at radius 1 is 0.968 bits per heavy atom. The van der Waals surface area contributed by atoms with Crippen LogP contribution in [0, 0.1) is 6.92 Å². The van der Waals surface area contributed by atoms with Crippen LogP contribution in [0.2, 0.25) is 0 Å². The van der Waals surface area contributed by atoms with E-state index in [0.717, 1.165) is 0 Å². The Hall–Kier alpha value is -3.77. The molecule has 3 amide bonds. The van der Waals surface area contributed by atoms with Crippen LogP contribution in [0.1, 0.15) is 48.2 Å². The molecule has 0 saturated heterocycles. The molecule has 0 bridgehead atoms. The number of rotatable bonds is 13. The van der Waals surface area contributed by atoms with Crippen LogP contribution in [0.5, 0.6) is 0 Å². The van der Waals surface area contributed by atoms with E-state index in [9.17, 15) is 29.1 Å². The topological polar surface area (TPSA) is 208 Å². The normalized spacial score (nSPS) is 12.3. The summed E-state index contributed by atoms with van der Waals surface area (Å²) in [7, 11) is 0. The third kappa shape index (κ3) is 9.51. The molecular weight excluding hydrogens is 414 g/mol. The van der Waals surface area contributed by atoms with Crippen molar-refractivity contribution in [3.63, 3.8) is 0 Å². The first-order valence-corrected chi connectivity index (χ1v) is 9.41. The van der Waals surface area contributed by atoms with E-state index in [0.29, 0.717) is 24.1 Å². The van der Waals surface area contributed by atoms with Crippen molar-refractivity contribution in [1.82, 2.24) is 25.9 Å². The van der Waals surface area contributed by atoms with Crippen molar-refractivity contribution in [3.8, 4) is 0 Å². The van der Waals surface area contributed by atoms with Crippen LogP contribution in [0.4, 0.5) is 4.79 Å². The van der Waals surface area contributed by atoms with E-state index in [-0.39, 0.29) is 25.3 Å². The molecule has 13 nitrogen and oxygen atoms in total. The number of aliphatic carboxylic acids is 3. The highest BCUT2D eigenvalue weighted by atomic mass is 16.4. The molecule has 0 aliphatic heterocycles. The van der Waals surface area contributed by atoms with Gasteiger partial charge in [0, 0.05) is 19.2 Å². The fourth-order valence-corrected chi connectivity index (χ4v) is 2.53. The lowest BCUT2D eigenvalue weighted by Crippen LogP contribution is -2.51. The number of aryl methyl sites for hydroxylation is 1. The van der Waals surface area contributed by atoms with E-state index in [4.69, 9.17) is 10.2 Å². The lowest BCUT2D eigenvalue weighted by molar-refractivity contribution is -0.140. The molecule has 2 atom stereocenters. The summed E-state index contributed by atoms with van der Waals surface area (Å²) in [5, 5.41) is 33.8. The number of amides is 3. The van der Waals surface area contributed by atoms with Gasteiger partial charge in [0.1, 0.15) is 18.4 Å². The molecule has 0 unspecified atom stereocenters. The minimum atomic E-state index is -1.47. The summed E-state index contributed by atoms with van der Waals surface area (Å²) in [5.74, 6) is -4.32. The Morgan fingerprint density at radius 2 is 1.58 bits per heavy atom. The van der Waals surface area contributed by atoms with Crippen molar-refractivity contribution < 1.29 is 39.3 Å². The fraction of sp³-hybridized carbons (Fsp3) is 0.500. The van der Waals surface area contributed by atoms with Gasteiger partial charge in [-0.3, -0.25) is 9.59 Å². The maximum absolute atomic E-state index is 12.0. The summed E-state index contributed by atoms with van der Waals surface area (Å²) < 4.78 is 0. The minimum Gasteiger partial charge on any atom is -0.481 e. The van der Waals surface area contributed by atoms with Gasteiger partial charge in [-0.05, 0) is 32.6 Å². The second-order valence-electron chi connectivity index (χ2n) is 6.61. The average Bonchev–Trinajstić information content (AvgIpc) is 2.69. The first-order chi connectivity index (χ1) is 14.6. The lowest BCUT2D eigenvalue weighted by Gasteiger charge is -2.18. The highest BCUT2D eigenvalue weighted by Gasteiger charge is 2.24. The number of carbonyl (C=O) groups is 5. The number of nitrogens with zero attached hydrogens (tertiary/aromatic N) is 2. The van der Waals surface area contributed by atoms with Crippen molar-refractivity contribution in [2.75, 3.05) is 6.54 Å². The molecule has 6 N–H and O–H groups in total. The third-order valence-electron chi connectivity index (χ3n) is 4.21. The number of carbonyl (C=O) groups excluding carboxylic acids is 2. The third-order valence-corrected chi connectivity index (χ3v) is 4.21. The quantitative estimate of drug-likeness (QED) is 0.222. The highest BCUT2D eigenvalue weighted by molar-refractivity contribution is 5.94. The largest absolute Gasteiger partial charge is 0.481 e. The Morgan fingerprint density at radius 3 is 2.13 bits per heavy atom. The van der Waals surface area contributed by atoms with Crippen LogP contribution in [0.3, 0.4) is 0 Å². The van der Waals surface area contributed by atoms with Crippen LogP contribution in [-0.2, 0) is 14.4 Å². The van der Waals surface area contributed by atoms with Crippen molar-refractivity contribution in [2.24, 2.45) is 0 Å². The van der Waals surface area contributed by atoms with Gasteiger partial charge in [0.15, 0.2) is 0 Å². The molecule has 0 fully saturated rings. The number of aromatic nitrogens is 2. The summed E-state index contributed by atoms with van der Waals surface area (Å²) in [6, 6.07) is -3.78. The Labute approximate surface area is 177 Å². The van der Waals surface area contributed by atoms with Crippen LogP contribution >= 0.6 is 0 Å². The number of urea groups is 1. The van der Waals surface area contributed by atoms with Crippen LogP contribution in [0.25, 0.3) is 0 Å². The summed E-state index contributed by atoms with van der Waals surface area (Å²) in [4.78, 5) is 64.7. The average molecular weight is 439 g/mol. The molecule has 13 heteroatoms. The van der Waals surface area contributed by atoms with E-state index in [1.165, 1.54) is 12.5 Å². The zero-order valence-electron chi connectivity index (χ0n) is 16.8. The summed E-state index contributed by atoms with van der Waals surface area (Å²) >= 11 is 0. The van der Waals surface area contributed by atoms with Gasteiger partial charge in [-0.25, -0.2) is 24.4 Å². The van der Waals surface area contributed by atoms with Crippen LogP contribution in [-0.4, -0.2) is 73.8 Å². The number of unbranched alkanes of at least 4 members (excludes halogenated alkanes) is 1. The standard InChI is InChI=1S/C18H25N5O8/c1-10-11(8-19-9-21-10)15(26)20-7-3-2-4-12(16(27)28)22-18(31)23-13(17(29)30)5-6-14(24)25/h8-9,12-13H,2-7H2,1H3,(H,20,26)(H,24,25)(H,27,28)(H,29,30)(H2,22,23,31)/t12-,13-/m0/s1. The second kappa shape index (κ2) is 12.7. The van der Waals surface area contributed by atoms with Crippen molar-refractivity contribution in [3.05, 3.63) is 23.8 Å². The minimum absolute atomic E-state index is 0.0406. The Balaban J connectivity index is 2.43. The highest BCUT2D eigenvalue weighted by Crippen LogP contribution is 2.04. The van der Waals surface area contributed by atoms with E-state index >= 15 is 0 Å². The number of carboxylic acid groups (broad SMARTS) is 3. The van der Waals surface area contributed by atoms with Gasteiger partial charge in [0.2, 0.25) is 0 Å². The van der Waals surface area contributed by atoms with Gasteiger partial charge < -0.3 is 31.3 Å². The molecule has 1 aromatic heterocycles. The zero-order valence-corrected chi connectivity index (χ0v) is 16.8. The Kier molecular flexibility index (Phi) is 10.4. The molecule has 1 rings (SSSR count). The molecule has 0 radical (unpaired) electrons. The first-order valence-electron chi connectivity index (χ1n) is 9.41. The number of hydrogen-bond acceptors (Lipinski definition) is 7. The van der Waals surface area contributed by atoms with Crippen molar-refractivity contribution in [1.29, 1.82) is 0 Å².